The molecule has 88 valence electrons. The average Bonchev–Trinajstić information content (AvgIpc) is 2.33. The van der Waals surface area contributed by atoms with Crippen LogP contribution in [0, 0.1) is 0 Å². The summed E-state index contributed by atoms with van der Waals surface area (Å²) in [5.74, 6) is 0.909. The van der Waals surface area contributed by atoms with Gasteiger partial charge >= 0.3 is 0 Å². The minimum Gasteiger partial charge on any atom is -0.490 e. The van der Waals surface area contributed by atoms with Gasteiger partial charge in [-0.2, -0.15) is 0 Å². The highest BCUT2D eigenvalue weighted by Gasteiger charge is 2.17. The Morgan fingerprint density at radius 3 is 2.44 bits per heavy atom. The van der Waals surface area contributed by atoms with Crippen LogP contribution in [-0.4, -0.2) is 36.2 Å². The Morgan fingerprint density at radius 1 is 1.25 bits per heavy atom. The highest BCUT2D eigenvalue weighted by atomic mass is 16.5. The summed E-state index contributed by atoms with van der Waals surface area (Å²) in [6.07, 6.45) is 2.53. The maximum Gasteiger partial charge on any atom is 0.119 e. The lowest BCUT2D eigenvalue weighted by molar-refractivity contribution is 0.114. The van der Waals surface area contributed by atoms with E-state index < -0.39 is 0 Å². The first-order chi connectivity index (χ1) is 7.78. The summed E-state index contributed by atoms with van der Waals surface area (Å²) in [6.45, 7) is 2.31. The zero-order chi connectivity index (χ0) is 11.4. The summed E-state index contributed by atoms with van der Waals surface area (Å²) < 4.78 is 5.89. The van der Waals surface area contributed by atoms with Crippen molar-refractivity contribution in [2.45, 2.75) is 25.6 Å². The van der Waals surface area contributed by atoms with Gasteiger partial charge in [-0.15, -0.1) is 0 Å². The molecule has 1 aromatic carbocycles. The number of piperidine rings is 1. The van der Waals surface area contributed by atoms with Crippen molar-refractivity contribution in [1.29, 1.82) is 0 Å². The second-order valence-corrected chi connectivity index (χ2v) is 4.42. The van der Waals surface area contributed by atoms with Gasteiger partial charge in [-0.25, -0.2) is 0 Å². The molecule has 2 rings (SSSR count). The molecule has 16 heavy (non-hydrogen) atoms. The van der Waals surface area contributed by atoms with Crippen molar-refractivity contribution in [3.8, 4) is 5.75 Å². The molecule has 0 saturated carbocycles. The number of aliphatic hydroxyl groups is 1. The van der Waals surface area contributed by atoms with Crippen molar-refractivity contribution in [2.75, 3.05) is 20.1 Å². The van der Waals surface area contributed by atoms with Crippen LogP contribution in [0.15, 0.2) is 24.3 Å². The molecule has 0 aromatic heterocycles. The van der Waals surface area contributed by atoms with E-state index in [2.05, 4.69) is 11.9 Å². The van der Waals surface area contributed by atoms with E-state index in [0.29, 0.717) is 6.10 Å². The van der Waals surface area contributed by atoms with Gasteiger partial charge in [0.25, 0.3) is 0 Å². The molecule has 1 heterocycles. The van der Waals surface area contributed by atoms with E-state index in [0.717, 1.165) is 37.2 Å². The Kier molecular flexibility index (Phi) is 3.80. The van der Waals surface area contributed by atoms with Gasteiger partial charge in [-0.05, 0) is 37.6 Å². The number of nitrogens with zero attached hydrogens (tertiary/aromatic N) is 1. The largest absolute Gasteiger partial charge is 0.490 e. The average molecular weight is 221 g/mol. The van der Waals surface area contributed by atoms with E-state index in [9.17, 15) is 0 Å². The fourth-order valence-corrected chi connectivity index (χ4v) is 1.97. The van der Waals surface area contributed by atoms with Crippen molar-refractivity contribution < 1.29 is 9.84 Å². The maximum absolute atomic E-state index is 8.93. The van der Waals surface area contributed by atoms with Crippen molar-refractivity contribution >= 4 is 0 Å². The topological polar surface area (TPSA) is 32.7 Å². The number of hydrogen-bond acceptors (Lipinski definition) is 3. The Labute approximate surface area is 96.6 Å². The normalized spacial score (nSPS) is 18.6. The maximum atomic E-state index is 8.93. The van der Waals surface area contributed by atoms with E-state index in [1.165, 1.54) is 0 Å². The van der Waals surface area contributed by atoms with Crippen LogP contribution in [0.4, 0.5) is 0 Å². The van der Waals surface area contributed by atoms with Crippen LogP contribution in [0.25, 0.3) is 0 Å². The first-order valence-corrected chi connectivity index (χ1v) is 5.83. The zero-order valence-corrected chi connectivity index (χ0v) is 9.72. The molecule has 0 spiro atoms. The van der Waals surface area contributed by atoms with Gasteiger partial charge in [-0.1, -0.05) is 12.1 Å². The molecule has 1 aliphatic heterocycles. The fourth-order valence-electron chi connectivity index (χ4n) is 1.97. The molecular weight excluding hydrogens is 202 g/mol. The molecule has 0 bridgehead atoms. The van der Waals surface area contributed by atoms with Gasteiger partial charge in [-0.3, -0.25) is 0 Å². The first kappa shape index (κ1) is 11.4. The Bertz CT molecular complexity index is 315. The molecule has 0 atom stereocenters. The molecule has 1 N–H and O–H groups in total. The molecule has 0 radical (unpaired) electrons. The monoisotopic (exact) mass is 221 g/mol. The van der Waals surface area contributed by atoms with Gasteiger partial charge in [0.2, 0.25) is 0 Å². The summed E-state index contributed by atoms with van der Waals surface area (Å²) in [6, 6.07) is 7.68. The van der Waals surface area contributed by atoms with E-state index in [-0.39, 0.29) is 6.61 Å². The molecule has 0 unspecified atom stereocenters. The molecule has 3 heteroatoms. The van der Waals surface area contributed by atoms with Crippen LogP contribution in [0.3, 0.4) is 0 Å². The molecule has 1 fully saturated rings. The van der Waals surface area contributed by atoms with Gasteiger partial charge in [0.1, 0.15) is 11.9 Å². The van der Waals surface area contributed by atoms with Gasteiger partial charge < -0.3 is 14.7 Å². The Morgan fingerprint density at radius 2 is 1.88 bits per heavy atom. The second-order valence-electron chi connectivity index (χ2n) is 4.42. The predicted molar refractivity (Wildman–Crippen MR) is 63.5 cm³/mol. The molecular formula is C13H19NO2. The van der Waals surface area contributed by atoms with Crippen LogP contribution in [0.5, 0.6) is 5.75 Å². The number of rotatable bonds is 3. The Hall–Kier alpha value is -1.06. The number of ether oxygens (including phenoxy) is 1. The van der Waals surface area contributed by atoms with Gasteiger partial charge in [0.15, 0.2) is 0 Å². The van der Waals surface area contributed by atoms with Crippen molar-refractivity contribution in [1.82, 2.24) is 4.90 Å². The lowest BCUT2D eigenvalue weighted by Crippen LogP contribution is -2.35. The van der Waals surface area contributed by atoms with Crippen LogP contribution >= 0.6 is 0 Å². The minimum atomic E-state index is 0.0918. The van der Waals surface area contributed by atoms with E-state index in [1.54, 1.807) is 0 Å². The predicted octanol–water partition coefficient (Wildman–Crippen LogP) is 1.65. The number of aliphatic hydroxyl groups excluding tert-OH is 1. The SMILES string of the molecule is CN1CCC(Oc2ccc(CO)cc2)CC1. The summed E-state index contributed by atoms with van der Waals surface area (Å²) in [5, 5.41) is 8.93. The van der Waals surface area contributed by atoms with E-state index in [4.69, 9.17) is 9.84 Å². The summed E-state index contributed by atoms with van der Waals surface area (Å²) in [5.41, 5.74) is 0.927. The van der Waals surface area contributed by atoms with Crippen molar-refractivity contribution in [3.05, 3.63) is 29.8 Å². The summed E-state index contributed by atoms with van der Waals surface area (Å²) in [4.78, 5) is 2.33. The van der Waals surface area contributed by atoms with Gasteiger partial charge in [0.05, 0.1) is 6.61 Å². The molecule has 1 aromatic rings. The second kappa shape index (κ2) is 5.32. The molecule has 0 aliphatic carbocycles. The Balaban J connectivity index is 1.88. The van der Waals surface area contributed by atoms with Crippen molar-refractivity contribution in [3.63, 3.8) is 0 Å². The standard InChI is InChI=1S/C13H19NO2/c1-14-8-6-13(7-9-14)16-12-4-2-11(10-15)3-5-12/h2-5,13,15H,6-10H2,1H3. The summed E-state index contributed by atoms with van der Waals surface area (Å²) in [7, 11) is 2.15. The molecule has 3 nitrogen and oxygen atoms in total. The van der Waals surface area contributed by atoms with Crippen LogP contribution < -0.4 is 4.74 Å². The van der Waals surface area contributed by atoms with Crippen molar-refractivity contribution in [2.24, 2.45) is 0 Å². The highest BCUT2D eigenvalue weighted by Crippen LogP contribution is 2.18. The van der Waals surface area contributed by atoms with Gasteiger partial charge in [0, 0.05) is 13.1 Å². The third-order valence-corrected chi connectivity index (χ3v) is 3.07. The smallest absolute Gasteiger partial charge is 0.119 e. The highest BCUT2D eigenvalue weighted by molar-refractivity contribution is 5.27. The third-order valence-electron chi connectivity index (χ3n) is 3.07. The number of benzene rings is 1. The number of hydrogen-bond donors (Lipinski definition) is 1. The first-order valence-electron chi connectivity index (χ1n) is 5.83. The third kappa shape index (κ3) is 2.97. The van der Waals surface area contributed by atoms with E-state index in [1.807, 2.05) is 24.3 Å². The molecule has 0 amide bonds. The number of likely N-dealkylation sites (tertiary alicyclic amines) is 1. The quantitative estimate of drug-likeness (QED) is 0.842. The fraction of sp³-hybridized carbons (Fsp3) is 0.538. The van der Waals surface area contributed by atoms with Crippen LogP contribution in [0.1, 0.15) is 18.4 Å². The van der Waals surface area contributed by atoms with E-state index >= 15 is 0 Å². The summed E-state index contributed by atoms with van der Waals surface area (Å²) >= 11 is 0. The lowest BCUT2D eigenvalue weighted by Gasteiger charge is -2.29. The molecule has 1 aliphatic rings. The lowest BCUT2D eigenvalue weighted by atomic mass is 10.1. The van der Waals surface area contributed by atoms with Crippen LogP contribution in [0.2, 0.25) is 0 Å². The zero-order valence-electron chi connectivity index (χ0n) is 9.72. The van der Waals surface area contributed by atoms with Crippen LogP contribution in [-0.2, 0) is 6.61 Å². The molecule has 1 saturated heterocycles. The minimum absolute atomic E-state index is 0.0918.